The molecule has 0 unspecified atom stereocenters. The summed E-state index contributed by atoms with van der Waals surface area (Å²) in [6.45, 7) is 7.95. The van der Waals surface area contributed by atoms with Crippen molar-refractivity contribution >= 4 is 21.9 Å². The highest BCUT2D eigenvalue weighted by atomic mass is 32.2. The number of pyridine rings is 1. The fourth-order valence-electron chi connectivity index (χ4n) is 7.55. The Morgan fingerprint density at radius 3 is 2.59 bits per heavy atom. The standard InChI is InChI=1S/C33H36FN6O3S/c1-21(2)40(44(42,43)28-18-36-37(5)20-28)27-9-6-24-15-30-22-16-33(24,17-27)31(41)29-14-23(12-13-35-29)32(3,4)38(19-22)39(30)26-10-7-25(34)8-11-26/h7-8,10-15,18-21,27H,6,9,16-17H2,1-5H3/q+1/t27-,33-/m0/s1. The van der Waals surface area contributed by atoms with E-state index in [-0.39, 0.29) is 22.5 Å². The molecule has 0 saturated heterocycles. The zero-order chi connectivity index (χ0) is 31.2. The molecular formula is C33H36FN6O3S+. The number of fused-ring (bicyclic) bond motifs is 3. The van der Waals surface area contributed by atoms with Crippen LogP contribution in [0.5, 0.6) is 0 Å². The third-order valence-electron chi connectivity index (χ3n) is 9.70. The maximum Gasteiger partial charge on any atom is 0.246 e. The first-order chi connectivity index (χ1) is 20.8. The van der Waals surface area contributed by atoms with Gasteiger partial charge in [-0.3, -0.25) is 14.5 Å². The zero-order valence-corrected chi connectivity index (χ0v) is 26.3. The molecule has 1 spiro atoms. The number of carbonyl (C=O) groups is 1. The number of carbonyl (C=O) groups excluding carboxylic acids is 1. The number of ketones is 1. The number of hydrogen-bond donors (Lipinski definition) is 0. The minimum atomic E-state index is -3.88. The predicted molar refractivity (Wildman–Crippen MR) is 162 cm³/mol. The first kappa shape index (κ1) is 28.8. The van der Waals surface area contributed by atoms with Crippen LogP contribution in [0.25, 0.3) is 11.8 Å². The van der Waals surface area contributed by atoms with E-state index in [0.717, 1.165) is 28.1 Å². The highest BCUT2D eigenvalue weighted by molar-refractivity contribution is 7.89. The van der Waals surface area contributed by atoms with Crippen LogP contribution < -0.4 is 4.68 Å². The largest absolute Gasteiger partial charge is 0.291 e. The van der Waals surface area contributed by atoms with Crippen LogP contribution in [0.4, 0.5) is 4.39 Å². The number of benzene rings is 1. The molecule has 1 saturated carbocycles. The first-order valence-corrected chi connectivity index (χ1v) is 16.4. The van der Waals surface area contributed by atoms with E-state index in [0.29, 0.717) is 31.4 Å². The summed E-state index contributed by atoms with van der Waals surface area (Å²) >= 11 is 0. The second-order valence-electron chi connectivity index (χ2n) is 13.1. The van der Waals surface area contributed by atoms with Crippen molar-refractivity contribution in [2.45, 2.75) is 75.9 Å². The van der Waals surface area contributed by atoms with E-state index in [1.165, 1.54) is 29.2 Å². The van der Waals surface area contributed by atoms with E-state index in [2.05, 4.69) is 45.6 Å². The Morgan fingerprint density at radius 2 is 1.91 bits per heavy atom. The van der Waals surface area contributed by atoms with Gasteiger partial charge in [0.05, 0.1) is 11.6 Å². The molecule has 9 nitrogen and oxygen atoms in total. The Kier molecular flexibility index (Phi) is 6.39. The van der Waals surface area contributed by atoms with Gasteiger partial charge < -0.3 is 0 Å². The molecular weight excluding hydrogens is 579 g/mol. The summed E-state index contributed by atoms with van der Waals surface area (Å²) in [5, 5.41) is 4.11. The molecule has 44 heavy (non-hydrogen) atoms. The van der Waals surface area contributed by atoms with Crippen LogP contribution in [-0.4, -0.2) is 50.0 Å². The molecule has 3 aliphatic rings. The van der Waals surface area contributed by atoms with Gasteiger partial charge in [-0.25, -0.2) is 12.8 Å². The van der Waals surface area contributed by atoms with Crippen LogP contribution in [0, 0.1) is 11.2 Å². The monoisotopic (exact) mass is 615 g/mol. The van der Waals surface area contributed by atoms with Crippen LogP contribution in [-0.2, 0) is 29.0 Å². The Labute approximate surface area is 256 Å². The molecule has 1 aliphatic heterocycles. The summed E-state index contributed by atoms with van der Waals surface area (Å²) in [5.41, 5.74) is 3.48. The van der Waals surface area contributed by atoms with Gasteiger partial charge in [-0.2, -0.15) is 9.40 Å². The third-order valence-corrected chi connectivity index (χ3v) is 11.8. The highest BCUT2D eigenvalue weighted by Crippen LogP contribution is 2.52. The molecule has 7 rings (SSSR count). The summed E-state index contributed by atoms with van der Waals surface area (Å²) in [6.07, 6.45) is 10.7. The number of Topliss-reactive ketones (excluding diaryl/α,β-unsaturated/α-hetero) is 1. The number of halogens is 1. The lowest BCUT2D eigenvalue weighted by atomic mass is 9.60. The van der Waals surface area contributed by atoms with Crippen molar-refractivity contribution in [3.8, 4) is 5.69 Å². The van der Waals surface area contributed by atoms with Crippen LogP contribution in [0.2, 0.25) is 0 Å². The van der Waals surface area contributed by atoms with Gasteiger partial charge in [-0.15, -0.1) is 9.36 Å². The van der Waals surface area contributed by atoms with Crippen molar-refractivity contribution in [3.63, 3.8) is 0 Å². The van der Waals surface area contributed by atoms with Crippen molar-refractivity contribution in [1.29, 1.82) is 0 Å². The molecule has 1 fully saturated rings. The number of nitrogens with zero attached hydrogens (tertiary/aromatic N) is 6. The summed E-state index contributed by atoms with van der Waals surface area (Å²) in [4.78, 5) is 19.5. The van der Waals surface area contributed by atoms with Crippen molar-refractivity contribution in [2.24, 2.45) is 12.5 Å². The number of hydrogen-bond acceptors (Lipinski definition) is 5. The molecule has 1 aromatic carbocycles. The predicted octanol–water partition coefficient (Wildman–Crippen LogP) is 4.59. The smallest absolute Gasteiger partial charge is 0.246 e. The summed E-state index contributed by atoms with van der Waals surface area (Å²) in [7, 11) is -2.18. The maximum atomic E-state index is 14.8. The lowest BCUT2D eigenvalue weighted by Crippen LogP contribution is -2.58. The zero-order valence-electron chi connectivity index (χ0n) is 25.5. The Morgan fingerprint density at radius 1 is 1.16 bits per heavy atom. The quantitative estimate of drug-likeness (QED) is 0.306. The van der Waals surface area contributed by atoms with Crippen LogP contribution in [0.3, 0.4) is 0 Å². The van der Waals surface area contributed by atoms with E-state index in [1.807, 2.05) is 26.0 Å². The van der Waals surface area contributed by atoms with Gasteiger partial charge in [0.25, 0.3) is 0 Å². The van der Waals surface area contributed by atoms with Crippen molar-refractivity contribution in [3.05, 3.63) is 95.1 Å². The number of allylic oxidation sites excluding steroid dienone is 1. The molecule has 0 radical (unpaired) electrons. The van der Waals surface area contributed by atoms with E-state index >= 15 is 0 Å². The maximum absolute atomic E-state index is 14.8. The van der Waals surface area contributed by atoms with Crippen LogP contribution in [0.1, 0.15) is 74.3 Å². The lowest BCUT2D eigenvalue weighted by molar-refractivity contribution is -0.811. The Hall–Kier alpha value is -3.96. The van der Waals surface area contributed by atoms with Crippen LogP contribution >= 0.6 is 0 Å². The molecule has 5 bridgehead atoms. The minimum Gasteiger partial charge on any atom is -0.291 e. The molecule has 2 atom stereocenters. The van der Waals surface area contributed by atoms with Crippen molar-refractivity contribution in [2.75, 3.05) is 0 Å². The molecule has 0 N–H and O–H groups in total. The van der Waals surface area contributed by atoms with Gasteiger partial charge in [0.15, 0.2) is 5.78 Å². The molecule has 0 amide bonds. The topological polar surface area (TPSA) is 94.0 Å². The van der Waals surface area contributed by atoms with Gasteiger partial charge in [-0.1, -0.05) is 5.57 Å². The summed E-state index contributed by atoms with van der Waals surface area (Å²) in [6, 6.07) is 9.53. The van der Waals surface area contributed by atoms with E-state index in [1.54, 1.807) is 29.7 Å². The normalized spacial score (nSPS) is 22.3. The molecule has 2 aliphatic carbocycles. The number of rotatable bonds is 5. The van der Waals surface area contributed by atoms with E-state index in [4.69, 9.17) is 0 Å². The molecule has 3 aromatic heterocycles. The molecule has 4 heterocycles. The number of aryl methyl sites for hydroxylation is 1. The minimum absolute atomic E-state index is 0.0813. The van der Waals surface area contributed by atoms with E-state index < -0.39 is 27.0 Å². The number of sulfonamides is 1. The number of aromatic nitrogens is 5. The SMILES string of the molecule is CC(C)N([C@H]1CCC2=Cc3c4c[n+](n3-c3ccc(F)cc3)C(C)(C)c3ccnc(c3)C(=O)[C@@]2(C4)C1)S(=O)(=O)c1cnn(C)c1. The fourth-order valence-corrected chi connectivity index (χ4v) is 9.39. The molecule has 4 aromatic rings. The van der Waals surface area contributed by atoms with Gasteiger partial charge in [0.2, 0.25) is 21.8 Å². The summed E-state index contributed by atoms with van der Waals surface area (Å²) in [5.74, 6) is -0.392. The van der Waals surface area contributed by atoms with E-state index in [9.17, 15) is 17.6 Å². The van der Waals surface area contributed by atoms with Gasteiger partial charge in [-0.05, 0) is 82.0 Å². The Balaban J connectivity index is 1.43. The third kappa shape index (κ3) is 4.16. The average Bonchev–Trinajstić information content (AvgIpc) is 3.59. The van der Waals surface area contributed by atoms with Gasteiger partial charge in [0.1, 0.15) is 27.8 Å². The first-order valence-electron chi connectivity index (χ1n) is 15.0. The molecule has 11 heteroatoms. The average molecular weight is 616 g/mol. The highest BCUT2D eigenvalue weighted by Gasteiger charge is 2.54. The second-order valence-corrected chi connectivity index (χ2v) is 14.9. The van der Waals surface area contributed by atoms with Crippen LogP contribution in [0.15, 0.2) is 71.7 Å². The van der Waals surface area contributed by atoms with Crippen molar-refractivity contribution in [1.82, 2.24) is 23.8 Å². The van der Waals surface area contributed by atoms with Gasteiger partial charge >= 0.3 is 0 Å². The summed E-state index contributed by atoms with van der Waals surface area (Å²) < 4.78 is 49.4. The second kappa shape index (κ2) is 9.77. The lowest BCUT2D eigenvalue weighted by Gasteiger charge is -2.47. The fraction of sp³-hybridized carbons (Fsp3) is 0.394. The van der Waals surface area contributed by atoms with Gasteiger partial charge in [0, 0.05) is 56.5 Å². The van der Waals surface area contributed by atoms with Crippen molar-refractivity contribution < 1.29 is 22.3 Å². The Bertz CT molecular complexity index is 1960. The molecule has 228 valence electrons.